The zero-order valence-electron chi connectivity index (χ0n) is 11.4. The first-order valence-corrected chi connectivity index (χ1v) is 6.88. The van der Waals surface area contributed by atoms with Gasteiger partial charge < -0.3 is 10.6 Å². The van der Waals surface area contributed by atoms with Gasteiger partial charge in [0.15, 0.2) is 0 Å². The van der Waals surface area contributed by atoms with Crippen molar-refractivity contribution in [1.29, 1.82) is 0 Å². The van der Waals surface area contributed by atoms with Crippen LogP contribution in [0.25, 0.3) is 0 Å². The van der Waals surface area contributed by atoms with E-state index < -0.39 is 4.92 Å². The Morgan fingerprint density at radius 3 is 2.80 bits per heavy atom. The number of carbonyl (C=O) groups excluding carboxylic acids is 1. The zero-order valence-corrected chi connectivity index (χ0v) is 11.4. The maximum absolute atomic E-state index is 11.4. The second kappa shape index (κ2) is 4.47. The number of amides is 1. The lowest BCUT2D eigenvalue weighted by atomic mass is 10.0. The molecule has 1 aliphatic heterocycles. The zero-order chi connectivity index (χ0) is 14.3. The van der Waals surface area contributed by atoms with Gasteiger partial charge in [0.05, 0.1) is 11.3 Å². The monoisotopic (exact) mass is 275 g/mol. The molecular weight excluding hydrogens is 258 g/mol. The number of anilines is 2. The van der Waals surface area contributed by atoms with Crippen molar-refractivity contribution in [3.05, 3.63) is 27.8 Å². The Kier molecular flexibility index (Phi) is 2.88. The van der Waals surface area contributed by atoms with Crippen molar-refractivity contribution >= 4 is 23.0 Å². The molecule has 0 radical (unpaired) electrons. The topological polar surface area (TPSA) is 84.3 Å². The first-order valence-electron chi connectivity index (χ1n) is 6.88. The molecule has 1 aliphatic carbocycles. The van der Waals surface area contributed by atoms with Crippen molar-refractivity contribution < 1.29 is 9.72 Å². The maximum Gasteiger partial charge on any atom is 0.292 e. The molecule has 0 spiro atoms. The van der Waals surface area contributed by atoms with E-state index in [4.69, 9.17) is 0 Å². The number of hydrogen-bond donors (Lipinski definition) is 2. The van der Waals surface area contributed by atoms with Crippen molar-refractivity contribution in [2.45, 2.75) is 32.6 Å². The number of rotatable bonds is 5. The lowest BCUT2D eigenvalue weighted by molar-refractivity contribution is -0.384. The van der Waals surface area contributed by atoms with Crippen LogP contribution in [0.1, 0.15) is 31.7 Å². The van der Waals surface area contributed by atoms with Crippen molar-refractivity contribution in [3.8, 4) is 0 Å². The molecule has 0 atom stereocenters. The molecule has 0 aromatic heterocycles. The van der Waals surface area contributed by atoms with E-state index >= 15 is 0 Å². The number of nitro benzene ring substituents is 1. The van der Waals surface area contributed by atoms with Gasteiger partial charge in [-0.25, -0.2) is 0 Å². The number of nitrogens with zero attached hydrogens (tertiary/aromatic N) is 1. The van der Waals surface area contributed by atoms with Crippen molar-refractivity contribution in [2.75, 3.05) is 17.2 Å². The third kappa shape index (κ3) is 2.21. The molecule has 0 saturated heterocycles. The van der Waals surface area contributed by atoms with Gasteiger partial charge >= 0.3 is 0 Å². The van der Waals surface area contributed by atoms with E-state index in [1.54, 1.807) is 6.07 Å². The average molecular weight is 275 g/mol. The Labute approximate surface area is 116 Å². The van der Waals surface area contributed by atoms with Gasteiger partial charge in [-0.15, -0.1) is 0 Å². The van der Waals surface area contributed by atoms with E-state index in [1.807, 2.05) is 0 Å². The molecule has 20 heavy (non-hydrogen) atoms. The molecule has 6 nitrogen and oxygen atoms in total. The van der Waals surface area contributed by atoms with Crippen LogP contribution in [0.4, 0.5) is 17.1 Å². The highest BCUT2D eigenvalue weighted by Crippen LogP contribution is 2.49. The van der Waals surface area contributed by atoms with Crippen LogP contribution in [0, 0.1) is 15.5 Å². The van der Waals surface area contributed by atoms with Crippen LogP contribution in [-0.4, -0.2) is 17.4 Å². The molecule has 2 N–H and O–H groups in total. The number of benzene rings is 1. The van der Waals surface area contributed by atoms with E-state index in [0.717, 1.165) is 13.0 Å². The summed E-state index contributed by atoms with van der Waals surface area (Å²) in [5.74, 6) is -0.112. The highest BCUT2D eigenvalue weighted by atomic mass is 16.6. The smallest absolute Gasteiger partial charge is 0.292 e. The van der Waals surface area contributed by atoms with E-state index in [2.05, 4.69) is 17.6 Å². The predicted octanol–water partition coefficient (Wildman–Crippen LogP) is 2.69. The minimum atomic E-state index is -0.392. The molecule has 3 rings (SSSR count). The van der Waals surface area contributed by atoms with Gasteiger partial charge in [0.1, 0.15) is 5.69 Å². The Bertz CT molecular complexity index is 594. The average Bonchev–Trinajstić information content (AvgIpc) is 3.10. The third-order valence-electron chi connectivity index (χ3n) is 4.40. The molecule has 1 amide bonds. The minimum Gasteiger partial charge on any atom is -0.379 e. The molecule has 106 valence electrons. The van der Waals surface area contributed by atoms with Crippen molar-refractivity contribution in [2.24, 2.45) is 5.41 Å². The van der Waals surface area contributed by atoms with Gasteiger partial charge in [0, 0.05) is 18.3 Å². The summed E-state index contributed by atoms with van der Waals surface area (Å²) in [6.45, 7) is 2.89. The molecule has 0 unspecified atom stereocenters. The van der Waals surface area contributed by atoms with Gasteiger partial charge in [0.25, 0.3) is 5.69 Å². The SMILES string of the molecule is CCC1(CNc2cc3c(cc2[N+](=O)[O-])CC(=O)N3)CC1. The van der Waals surface area contributed by atoms with Crippen molar-refractivity contribution in [3.63, 3.8) is 0 Å². The molecule has 1 heterocycles. The van der Waals surface area contributed by atoms with Crippen molar-refractivity contribution in [1.82, 2.24) is 0 Å². The summed E-state index contributed by atoms with van der Waals surface area (Å²) in [4.78, 5) is 22.1. The minimum absolute atomic E-state index is 0.0483. The molecule has 0 bridgehead atoms. The fourth-order valence-corrected chi connectivity index (χ4v) is 2.67. The largest absolute Gasteiger partial charge is 0.379 e. The highest BCUT2D eigenvalue weighted by molar-refractivity contribution is 6.00. The molecular formula is C14H17N3O3. The van der Waals surface area contributed by atoms with Gasteiger partial charge in [-0.3, -0.25) is 14.9 Å². The third-order valence-corrected chi connectivity index (χ3v) is 4.40. The van der Waals surface area contributed by atoms with Crippen LogP contribution >= 0.6 is 0 Å². The molecule has 1 aromatic carbocycles. The van der Waals surface area contributed by atoms with Crippen LogP contribution in [0.3, 0.4) is 0 Å². The van der Waals surface area contributed by atoms with E-state index in [-0.39, 0.29) is 18.0 Å². The first kappa shape index (κ1) is 12.9. The Balaban J connectivity index is 1.87. The van der Waals surface area contributed by atoms with Crippen LogP contribution in [0.5, 0.6) is 0 Å². The summed E-state index contributed by atoms with van der Waals surface area (Å²) in [5.41, 5.74) is 2.23. The Hall–Kier alpha value is -2.11. The second-order valence-electron chi connectivity index (χ2n) is 5.72. The Morgan fingerprint density at radius 1 is 1.45 bits per heavy atom. The fourth-order valence-electron chi connectivity index (χ4n) is 2.67. The number of carbonyl (C=O) groups is 1. The number of fused-ring (bicyclic) bond motifs is 1. The van der Waals surface area contributed by atoms with Crippen LogP contribution in [0.2, 0.25) is 0 Å². The summed E-state index contributed by atoms with van der Waals surface area (Å²) in [7, 11) is 0. The second-order valence-corrected chi connectivity index (χ2v) is 5.72. The lowest BCUT2D eigenvalue weighted by Gasteiger charge is -2.15. The molecule has 1 aromatic rings. The van der Waals surface area contributed by atoms with Gasteiger partial charge in [-0.05, 0) is 36.3 Å². The summed E-state index contributed by atoms with van der Waals surface area (Å²) >= 11 is 0. The summed E-state index contributed by atoms with van der Waals surface area (Å²) in [6, 6.07) is 3.19. The summed E-state index contributed by atoms with van der Waals surface area (Å²) < 4.78 is 0. The van der Waals surface area contributed by atoms with E-state index in [9.17, 15) is 14.9 Å². The molecule has 1 fully saturated rings. The number of nitro groups is 1. The molecule has 6 heteroatoms. The maximum atomic E-state index is 11.4. The van der Waals surface area contributed by atoms with Gasteiger partial charge in [-0.1, -0.05) is 6.92 Å². The summed E-state index contributed by atoms with van der Waals surface area (Å²) in [6.07, 6.45) is 3.64. The van der Waals surface area contributed by atoms with E-state index in [1.165, 1.54) is 18.9 Å². The predicted molar refractivity (Wildman–Crippen MR) is 75.9 cm³/mol. The normalized spacial score (nSPS) is 18.4. The van der Waals surface area contributed by atoms with Crippen LogP contribution in [-0.2, 0) is 11.2 Å². The molecule has 2 aliphatic rings. The van der Waals surface area contributed by atoms with Crippen LogP contribution < -0.4 is 10.6 Å². The van der Waals surface area contributed by atoms with Gasteiger partial charge in [0.2, 0.25) is 5.91 Å². The highest BCUT2D eigenvalue weighted by Gasteiger charge is 2.40. The standard InChI is InChI=1S/C14H17N3O3/c1-2-14(3-4-14)8-15-11-7-10-9(6-13(18)16-10)5-12(11)17(19)20/h5,7,15H,2-4,6,8H2,1H3,(H,16,18). The van der Waals surface area contributed by atoms with Crippen LogP contribution in [0.15, 0.2) is 12.1 Å². The molecule has 1 saturated carbocycles. The Morgan fingerprint density at radius 2 is 2.20 bits per heavy atom. The van der Waals surface area contributed by atoms with Gasteiger partial charge in [-0.2, -0.15) is 0 Å². The lowest BCUT2D eigenvalue weighted by Crippen LogP contribution is -2.15. The van der Waals surface area contributed by atoms with E-state index in [0.29, 0.717) is 22.4 Å². The fraction of sp³-hybridized carbons (Fsp3) is 0.500. The number of nitrogens with one attached hydrogen (secondary N) is 2. The quantitative estimate of drug-likeness (QED) is 0.639. The first-order chi connectivity index (χ1) is 9.53. The summed E-state index contributed by atoms with van der Waals surface area (Å²) in [5, 5.41) is 17.1. The number of hydrogen-bond acceptors (Lipinski definition) is 4.